The van der Waals surface area contributed by atoms with Gasteiger partial charge in [-0.2, -0.15) is 0 Å². The topological polar surface area (TPSA) is 63.2 Å². The third-order valence-electron chi connectivity index (χ3n) is 5.23. The van der Waals surface area contributed by atoms with Gasteiger partial charge >= 0.3 is 0 Å². The summed E-state index contributed by atoms with van der Waals surface area (Å²) < 4.78 is 5.42. The fourth-order valence-electron chi connectivity index (χ4n) is 3.57. The Morgan fingerprint density at radius 2 is 2.07 bits per heavy atom. The molecular weight excluding hydrogens is 417 g/mol. The fourth-order valence-corrected chi connectivity index (χ4v) is 4.24. The second kappa shape index (κ2) is 10.6. The van der Waals surface area contributed by atoms with Crippen LogP contribution in [0, 0.1) is 12.8 Å². The van der Waals surface area contributed by atoms with Crippen LogP contribution in [-0.2, 0) is 4.74 Å². The van der Waals surface area contributed by atoms with Crippen molar-refractivity contribution in [2.75, 3.05) is 25.1 Å². The molecule has 28 heavy (non-hydrogen) atoms. The Bertz CT molecular complexity index is 780. The lowest BCUT2D eigenvalue weighted by Gasteiger charge is -2.22. The van der Waals surface area contributed by atoms with Crippen LogP contribution < -0.4 is 10.6 Å². The van der Waals surface area contributed by atoms with E-state index < -0.39 is 0 Å². The highest BCUT2D eigenvalue weighted by molar-refractivity contribution is 7.15. The number of nitrogens with one attached hydrogen (secondary N) is 2. The van der Waals surface area contributed by atoms with E-state index in [-0.39, 0.29) is 30.7 Å². The molecule has 0 radical (unpaired) electrons. The summed E-state index contributed by atoms with van der Waals surface area (Å²) in [6.45, 7) is 4.81. The lowest BCUT2D eigenvalue weighted by molar-refractivity contribution is 0.0662. The molecule has 1 saturated heterocycles. The van der Waals surface area contributed by atoms with Crippen molar-refractivity contribution in [3.63, 3.8) is 0 Å². The van der Waals surface area contributed by atoms with Crippen LogP contribution in [0.15, 0.2) is 30.5 Å². The number of nitrogens with zero attached hydrogens (tertiary/aromatic N) is 1. The lowest BCUT2D eigenvalue weighted by atomic mass is 10.0. The molecule has 2 fully saturated rings. The average Bonchev–Trinajstić information content (AvgIpc) is 3.34. The second-order valence-corrected chi connectivity index (χ2v) is 8.47. The van der Waals surface area contributed by atoms with Crippen LogP contribution in [0.4, 0.5) is 5.00 Å². The molecule has 2 heterocycles. The van der Waals surface area contributed by atoms with Gasteiger partial charge in [-0.25, -0.2) is 4.98 Å². The van der Waals surface area contributed by atoms with E-state index in [1.165, 1.54) is 16.9 Å². The maximum absolute atomic E-state index is 12.5. The SMILES string of the molecule is Cc1ncc(NC(=O)c2cccc([C@@H]3C[C@H]3NCC3CCOCC3)c2)s1.Cl.Cl. The van der Waals surface area contributed by atoms with Gasteiger partial charge in [0.15, 0.2) is 0 Å². The van der Waals surface area contributed by atoms with Crippen LogP contribution in [0.3, 0.4) is 0 Å². The van der Waals surface area contributed by atoms with E-state index in [1.54, 1.807) is 6.20 Å². The average molecular weight is 444 g/mol. The smallest absolute Gasteiger partial charge is 0.256 e. The minimum atomic E-state index is -0.0668. The third-order valence-corrected chi connectivity index (χ3v) is 6.06. The van der Waals surface area contributed by atoms with Gasteiger partial charge in [-0.05, 0) is 56.3 Å². The van der Waals surface area contributed by atoms with Gasteiger partial charge in [-0.1, -0.05) is 12.1 Å². The molecule has 2 atom stereocenters. The van der Waals surface area contributed by atoms with E-state index in [4.69, 9.17) is 4.74 Å². The molecule has 8 heteroatoms. The van der Waals surface area contributed by atoms with Crippen LogP contribution in [0.5, 0.6) is 0 Å². The maximum atomic E-state index is 12.5. The number of benzene rings is 1. The van der Waals surface area contributed by atoms with Gasteiger partial charge < -0.3 is 15.4 Å². The Morgan fingerprint density at radius 3 is 2.79 bits per heavy atom. The van der Waals surface area contributed by atoms with Gasteiger partial charge in [-0.15, -0.1) is 36.2 Å². The molecule has 1 aliphatic carbocycles. The standard InChI is InChI=1S/C20H25N3O2S.2ClH/c1-13-21-12-19(26-13)23-20(24)16-4-2-3-15(9-16)17-10-18(17)22-11-14-5-7-25-8-6-14;;/h2-4,9,12,14,17-18,22H,5-8,10-11H2,1H3,(H,23,24);2*1H/t17-,18+;;/m0../s1. The molecule has 1 saturated carbocycles. The first-order valence-electron chi connectivity index (χ1n) is 9.34. The molecule has 1 amide bonds. The van der Waals surface area contributed by atoms with Gasteiger partial charge in [0, 0.05) is 30.7 Å². The molecule has 4 rings (SSSR count). The van der Waals surface area contributed by atoms with Crippen LogP contribution in [0.25, 0.3) is 0 Å². The van der Waals surface area contributed by atoms with E-state index in [2.05, 4.69) is 21.7 Å². The van der Waals surface area contributed by atoms with Crippen molar-refractivity contribution in [2.24, 2.45) is 5.92 Å². The van der Waals surface area contributed by atoms with E-state index in [0.717, 1.165) is 54.9 Å². The number of amides is 1. The minimum Gasteiger partial charge on any atom is -0.381 e. The van der Waals surface area contributed by atoms with Crippen molar-refractivity contribution in [3.8, 4) is 0 Å². The molecule has 0 unspecified atom stereocenters. The lowest BCUT2D eigenvalue weighted by Crippen LogP contribution is -2.29. The number of aromatic nitrogens is 1. The quantitative estimate of drug-likeness (QED) is 0.693. The van der Waals surface area contributed by atoms with Gasteiger partial charge in [0.25, 0.3) is 5.91 Å². The fraction of sp³-hybridized carbons (Fsp3) is 0.500. The summed E-state index contributed by atoms with van der Waals surface area (Å²) in [7, 11) is 0. The number of ether oxygens (including phenoxy) is 1. The number of thiazole rings is 1. The number of hydrogen-bond acceptors (Lipinski definition) is 5. The zero-order chi connectivity index (χ0) is 17.9. The number of anilines is 1. The summed E-state index contributed by atoms with van der Waals surface area (Å²) in [5.74, 6) is 1.20. The summed E-state index contributed by atoms with van der Waals surface area (Å²) >= 11 is 1.49. The van der Waals surface area contributed by atoms with Crippen LogP contribution in [-0.4, -0.2) is 36.7 Å². The maximum Gasteiger partial charge on any atom is 0.256 e. The van der Waals surface area contributed by atoms with Crippen molar-refractivity contribution in [1.82, 2.24) is 10.3 Å². The molecule has 1 aliphatic heterocycles. The highest BCUT2D eigenvalue weighted by atomic mass is 35.5. The number of rotatable bonds is 6. The highest BCUT2D eigenvalue weighted by Crippen LogP contribution is 2.41. The van der Waals surface area contributed by atoms with E-state index in [9.17, 15) is 4.79 Å². The molecule has 2 aliphatic rings. The number of hydrogen-bond donors (Lipinski definition) is 2. The molecule has 0 spiro atoms. The van der Waals surface area contributed by atoms with Gasteiger partial charge in [0.05, 0.1) is 11.2 Å². The van der Waals surface area contributed by atoms with E-state index >= 15 is 0 Å². The monoisotopic (exact) mass is 443 g/mol. The number of carbonyl (C=O) groups excluding carboxylic acids is 1. The van der Waals surface area contributed by atoms with Crippen molar-refractivity contribution in [1.29, 1.82) is 0 Å². The van der Waals surface area contributed by atoms with Crippen LogP contribution >= 0.6 is 36.2 Å². The van der Waals surface area contributed by atoms with Gasteiger partial charge in [-0.3, -0.25) is 4.79 Å². The largest absolute Gasteiger partial charge is 0.381 e. The normalized spacial score (nSPS) is 21.3. The van der Waals surface area contributed by atoms with Crippen molar-refractivity contribution in [2.45, 2.75) is 38.1 Å². The Labute approximate surface area is 182 Å². The minimum absolute atomic E-state index is 0. The molecule has 2 N–H and O–H groups in total. The van der Waals surface area contributed by atoms with E-state index in [0.29, 0.717) is 17.5 Å². The summed E-state index contributed by atoms with van der Waals surface area (Å²) in [5.41, 5.74) is 1.96. The molecule has 1 aromatic carbocycles. The first-order valence-corrected chi connectivity index (χ1v) is 10.2. The predicted molar refractivity (Wildman–Crippen MR) is 118 cm³/mol. The summed E-state index contributed by atoms with van der Waals surface area (Å²) in [6, 6.07) is 8.56. The van der Waals surface area contributed by atoms with Gasteiger partial charge in [0.2, 0.25) is 0 Å². The highest BCUT2D eigenvalue weighted by Gasteiger charge is 2.38. The molecule has 1 aromatic heterocycles. The number of halogens is 2. The molecule has 154 valence electrons. The summed E-state index contributed by atoms with van der Waals surface area (Å²) in [4.78, 5) is 16.6. The van der Waals surface area contributed by atoms with Crippen molar-refractivity contribution < 1.29 is 9.53 Å². The first-order chi connectivity index (χ1) is 12.7. The predicted octanol–water partition coefficient (Wildman–Crippen LogP) is 4.42. The second-order valence-electron chi connectivity index (χ2n) is 7.24. The van der Waals surface area contributed by atoms with Crippen LogP contribution in [0.2, 0.25) is 0 Å². The Morgan fingerprint density at radius 1 is 1.29 bits per heavy atom. The summed E-state index contributed by atoms with van der Waals surface area (Å²) in [6.07, 6.45) is 5.19. The van der Waals surface area contributed by atoms with Crippen molar-refractivity contribution >= 4 is 47.1 Å². The first kappa shape index (κ1) is 23.1. The third kappa shape index (κ3) is 5.91. The summed E-state index contributed by atoms with van der Waals surface area (Å²) in [5, 5.41) is 8.38. The molecule has 5 nitrogen and oxygen atoms in total. The van der Waals surface area contributed by atoms with E-state index in [1.807, 2.05) is 25.1 Å². The molecular formula is C20H27Cl2N3O2S. The van der Waals surface area contributed by atoms with Crippen molar-refractivity contribution in [3.05, 3.63) is 46.6 Å². The zero-order valence-electron chi connectivity index (χ0n) is 15.8. The van der Waals surface area contributed by atoms with Crippen LogP contribution in [0.1, 0.15) is 46.1 Å². The number of aryl methyl sites for hydroxylation is 1. The Balaban J connectivity index is 0.00000140. The Hall–Kier alpha value is -1.18. The molecule has 0 bridgehead atoms. The molecule has 2 aromatic rings. The van der Waals surface area contributed by atoms with Gasteiger partial charge in [0.1, 0.15) is 5.00 Å². The zero-order valence-corrected chi connectivity index (χ0v) is 18.3. The Kier molecular flexibility index (Phi) is 8.71. The number of carbonyl (C=O) groups is 1.